The maximum Gasteiger partial charge on any atom is 0.402 e. The van der Waals surface area contributed by atoms with Crippen LogP contribution < -0.4 is 4.74 Å². The summed E-state index contributed by atoms with van der Waals surface area (Å²) >= 11 is 0. The molecule has 10 unspecified atom stereocenters. The third-order valence-corrected chi connectivity index (χ3v) is 7.29. The zero-order valence-electron chi connectivity index (χ0n) is 22.3. The van der Waals surface area contributed by atoms with E-state index in [4.69, 9.17) is 23.4 Å². The van der Waals surface area contributed by atoms with Crippen molar-refractivity contribution >= 4 is 11.0 Å². The van der Waals surface area contributed by atoms with Crippen LogP contribution >= 0.6 is 0 Å². The quantitative estimate of drug-likeness (QED) is 0.117. The maximum atomic E-state index is 10.7. The Bertz CT molecular complexity index is 1460. The second-order valence-corrected chi connectivity index (χ2v) is 10.3. The molecule has 1 aromatic heterocycles. The predicted molar refractivity (Wildman–Crippen MR) is 140 cm³/mol. The number of rotatable bonds is 6. The SMILES string of the molecule is CC1OC(OCC2OC(Oc3cc4c(O)cc(O)cc4[o+]c3-c3cc(O)c(O)c(O)c3)C(O)C(O)C2O)C(O)C(O)C1O. The number of fused-ring (bicyclic) bond motifs is 1. The van der Waals surface area contributed by atoms with Crippen molar-refractivity contribution in [1.29, 1.82) is 0 Å². The van der Waals surface area contributed by atoms with Gasteiger partial charge < -0.3 is 75.1 Å². The summed E-state index contributed by atoms with van der Waals surface area (Å²) in [7, 11) is 0. The minimum Gasteiger partial charge on any atom is -0.507 e. The number of hydrogen-bond donors (Lipinski definition) is 11. The molecule has 2 aliphatic rings. The molecule has 43 heavy (non-hydrogen) atoms. The van der Waals surface area contributed by atoms with Crippen molar-refractivity contribution in [3.05, 3.63) is 30.3 Å². The molecule has 2 aromatic carbocycles. The fourth-order valence-corrected chi connectivity index (χ4v) is 4.83. The van der Waals surface area contributed by atoms with E-state index in [0.717, 1.165) is 24.3 Å². The van der Waals surface area contributed by atoms with E-state index < -0.39 is 91.0 Å². The first kappa shape index (κ1) is 30.7. The first-order valence-electron chi connectivity index (χ1n) is 13.0. The highest BCUT2D eigenvalue weighted by atomic mass is 16.7. The molecule has 0 bridgehead atoms. The van der Waals surface area contributed by atoms with E-state index >= 15 is 0 Å². The maximum absolute atomic E-state index is 10.7. The van der Waals surface area contributed by atoms with Gasteiger partial charge in [0.2, 0.25) is 12.0 Å². The molecule has 0 saturated carbocycles. The minimum absolute atomic E-state index is 0.00726. The molecule has 2 fully saturated rings. The van der Waals surface area contributed by atoms with Gasteiger partial charge in [-0.2, -0.15) is 0 Å². The number of benzene rings is 2. The Morgan fingerprint density at radius 1 is 0.698 bits per heavy atom. The second-order valence-electron chi connectivity index (χ2n) is 10.3. The first-order chi connectivity index (χ1) is 20.3. The van der Waals surface area contributed by atoms with Crippen LogP contribution in [0, 0.1) is 0 Å². The Balaban J connectivity index is 1.46. The molecule has 0 aliphatic carbocycles. The van der Waals surface area contributed by atoms with E-state index in [-0.39, 0.29) is 33.8 Å². The molecule has 11 N–H and O–H groups in total. The van der Waals surface area contributed by atoms with Crippen LogP contribution in [0.15, 0.2) is 34.7 Å². The summed E-state index contributed by atoms with van der Waals surface area (Å²) in [6, 6.07) is 5.39. The average Bonchev–Trinajstić information content (AvgIpc) is 2.96. The number of phenolic OH excluding ortho intramolecular Hbond substituents is 5. The molecule has 10 atom stereocenters. The van der Waals surface area contributed by atoms with Crippen molar-refractivity contribution in [2.24, 2.45) is 0 Å². The van der Waals surface area contributed by atoms with E-state index in [2.05, 4.69) is 0 Å². The monoisotopic (exact) mass is 611 g/mol. The third-order valence-electron chi connectivity index (χ3n) is 7.29. The van der Waals surface area contributed by atoms with Crippen molar-refractivity contribution in [1.82, 2.24) is 0 Å². The van der Waals surface area contributed by atoms with Crippen LogP contribution in [0.1, 0.15) is 6.92 Å². The first-order valence-corrected chi connectivity index (χ1v) is 13.0. The van der Waals surface area contributed by atoms with Gasteiger partial charge in [-0.15, -0.1) is 0 Å². The van der Waals surface area contributed by atoms with E-state index in [1.54, 1.807) is 0 Å². The Hall–Kier alpha value is -3.71. The zero-order valence-corrected chi connectivity index (χ0v) is 22.3. The largest absolute Gasteiger partial charge is 0.507 e. The third kappa shape index (κ3) is 5.79. The van der Waals surface area contributed by atoms with Crippen molar-refractivity contribution in [3.63, 3.8) is 0 Å². The molecule has 2 aliphatic heterocycles. The lowest BCUT2D eigenvalue weighted by Gasteiger charge is -2.42. The van der Waals surface area contributed by atoms with Crippen LogP contribution in [0.5, 0.6) is 34.5 Å². The molecule has 16 heteroatoms. The summed E-state index contributed by atoms with van der Waals surface area (Å²) in [5.74, 6) is -3.64. The number of aromatic hydroxyl groups is 5. The fourth-order valence-electron chi connectivity index (χ4n) is 4.83. The van der Waals surface area contributed by atoms with Gasteiger partial charge in [0.05, 0.1) is 24.3 Å². The molecular weight excluding hydrogens is 580 g/mol. The van der Waals surface area contributed by atoms with Crippen molar-refractivity contribution in [2.75, 3.05) is 6.61 Å². The minimum atomic E-state index is -1.88. The summed E-state index contributed by atoms with van der Waals surface area (Å²) < 4.78 is 28.1. The molecule has 0 spiro atoms. The van der Waals surface area contributed by atoms with Crippen LogP contribution in [-0.4, -0.2) is 124 Å². The van der Waals surface area contributed by atoms with Crippen LogP contribution in [0.3, 0.4) is 0 Å². The summed E-state index contributed by atoms with van der Waals surface area (Å²) in [6.45, 7) is 0.877. The van der Waals surface area contributed by atoms with E-state index in [1.165, 1.54) is 13.0 Å². The van der Waals surface area contributed by atoms with Gasteiger partial charge in [-0.25, -0.2) is 4.42 Å². The van der Waals surface area contributed by atoms with Gasteiger partial charge >= 0.3 is 11.3 Å². The van der Waals surface area contributed by atoms with Crippen LogP contribution in [0.25, 0.3) is 22.3 Å². The molecule has 5 rings (SSSR count). The Labute approximate surface area is 242 Å². The summed E-state index contributed by atoms with van der Waals surface area (Å²) in [4.78, 5) is 0. The lowest BCUT2D eigenvalue weighted by molar-refractivity contribution is -0.318. The highest BCUT2D eigenvalue weighted by Crippen LogP contribution is 2.45. The Morgan fingerprint density at radius 3 is 2.00 bits per heavy atom. The van der Waals surface area contributed by atoms with Crippen LogP contribution in [0.4, 0.5) is 0 Å². The Kier molecular flexibility index (Phi) is 8.41. The molecule has 3 aromatic rings. The van der Waals surface area contributed by atoms with Crippen LogP contribution in [-0.2, 0) is 14.2 Å². The highest BCUT2D eigenvalue weighted by Gasteiger charge is 2.48. The summed E-state index contributed by atoms with van der Waals surface area (Å²) in [6.07, 6.45) is -15.6. The number of phenols is 5. The van der Waals surface area contributed by atoms with Gasteiger partial charge in [-0.1, -0.05) is 0 Å². The summed E-state index contributed by atoms with van der Waals surface area (Å²) in [5, 5.41) is 112. The van der Waals surface area contributed by atoms with Gasteiger partial charge in [0.1, 0.15) is 59.6 Å². The molecule has 234 valence electrons. The molecule has 0 amide bonds. The number of hydrogen-bond acceptors (Lipinski definition) is 15. The lowest BCUT2D eigenvalue weighted by atomic mass is 9.98. The van der Waals surface area contributed by atoms with Crippen LogP contribution in [0.2, 0.25) is 0 Å². The normalized spacial score (nSPS) is 33.0. The lowest BCUT2D eigenvalue weighted by Crippen LogP contribution is -2.61. The second kappa shape index (κ2) is 11.8. The number of aliphatic hydroxyl groups excluding tert-OH is 6. The highest BCUT2D eigenvalue weighted by molar-refractivity contribution is 5.88. The van der Waals surface area contributed by atoms with Crippen molar-refractivity contribution in [2.45, 2.75) is 68.3 Å². The van der Waals surface area contributed by atoms with Gasteiger partial charge in [0.15, 0.2) is 23.5 Å². The van der Waals surface area contributed by atoms with Gasteiger partial charge in [-0.05, 0) is 6.92 Å². The van der Waals surface area contributed by atoms with Crippen molar-refractivity contribution < 1.29 is 79.5 Å². The molecular formula is C27H31O16+. The predicted octanol–water partition coefficient (Wildman–Crippen LogP) is -1.06. The fraction of sp³-hybridized carbons (Fsp3) is 0.444. The zero-order chi connectivity index (χ0) is 31.3. The van der Waals surface area contributed by atoms with E-state index in [1.807, 2.05) is 0 Å². The van der Waals surface area contributed by atoms with Gasteiger partial charge in [0.25, 0.3) is 0 Å². The summed E-state index contributed by atoms with van der Waals surface area (Å²) in [5.41, 5.74) is -0.150. The van der Waals surface area contributed by atoms with Gasteiger partial charge in [0, 0.05) is 24.3 Å². The average molecular weight is 612 g/mol. The molecule has 16 nitrogen and oxygen atoms in total. The molecule has 2 saturated heterocycles. The molecule has 3 heterocycles. The van der Waals surface area contributed by atoms with E-state index in [0.29, 0.717) is 0 Å². The number of aliphatic hydroxyl groups is 6. The van der Waals surface area contributed by atoms with Crippen molar-refractivity contribution in [3.8, 4) is 45.8 Å². The molecule has 0 radical (unpaired) electrons. The number of ether oxygens (including phenoxy) is 4. The smallest absolute Gasteiger partial charge is 0.402 e. The standard InChI is InChI=1S/C27H30O16/c1-8-18(32)21(35)23(37)26(40-8)39-7-17-20(34)22(36)24(38)27(43-17)42-16-6-11-12(29)4-10(28)5-15(11)41-25(16)9-2-13(30)19(33)14(31)3-9/h2-6,8,17-18,20-24,26-27,32,34-38H,7H2,1H3,(H4-,28,29,30,31,33)/p+1. The van der Waals surface area contributed by atoms with Gasteiger partial charge in [-0.3, -0.25) is 0 Å². The van der Waals surface area contributed by atoms with E-state index in [9.17, 15) is 56.2 Å². The topological polar surface area (TPSA) is 271 Å². The Morgan fingerprint density at radius 2 is 1.33 bits per heavy atom.